The number of carbonyl (C=O) groups excluding carboxylic acids is 2. The molecule has 7 heteroatoms. The van der Waals surface area contributed by atoms with Gasteiger partial charge in [-0.2, -0.15) is 0 Å². The predicted octanol–water partition coefficient (Wildman–Crippen LogP) is 4.31. The first kappa shape index (κ1) is 19.2. The molecule has 0 fully saturated rings. The topological polar surface area (TPSA) is 86.3 Å². The molecule has 0 saturated heterocycles. The lowest BCUT2D eigenvalue weighted by Gasteiger charge is -2.10. The number of hydrogen-bond donors (Lipinski definition) is 2. The maximum atomic E-state index is 13.3. The number of benzene rings is 3. The van der Waals surface area contributed by atoms with Crippen LogP contribution in [0, 0.1) is 5.82 Å². The Bertz CT molecular complexity index is 1260. The molecule has 4 aromatic rings. The Morgan fingerprint density at radius 2 is 1.63 bits per heavy atom. The molecule has 0 bridgehead atoms. The first-order valence-electron chi connectivity index (χ1n) is 9.15. The molecular formula is C23H18FN3O3. The van der Waals surface area contributed by atoms with Crippen LogP contribution in [0.4, 0.5) is 15.9 Å². The van der Waals surface area contributed by atoms with Crippen LogP contribution in [0.25, 0.3) is 10.9 Å². The number of methoxy groups -OCH3 is 1. The zero-order chi connectivity index (χ0) is 21.3. The third-order valence-corrected chi connectivity index (χ3v) is 4.79. The van der Waals surface area contributed by atoms with Gasteiger partial charge in [-0.25, -0.2) is 4.39 Å². The Kier molecular flexibility index (Phi) is 4.93. The van der Waals surface area contributed by atoms with Gasteiger partial charge in [0.2, 0.25) is 0 Å². The number of nitrogens with zero attached hydrogens (tertiary/aromatic N) is 1. The maximum absolute atomic E-state index is 13.3. The van der Waals surface area contributed by atoms with Gasteiger partial charge in [-0.1, -0.05) is 30.3 Å². The third-order valence-electron chi connectivity index (χ3n) is 4.79. The van der Waals surface area contributed by atoms with Crippen molar-refractivity contribution in [1.29, 1.82) is 0 Å². The summed E-state index contributed by atoms with van der Waals surface area (Å²) in [4.78, 5) is 26.2. The smallest absolute Gasteiger partial charge is 0.263 e. The number of para-hydroxylation sites is 3. The molecule has 0 radical (unpaired) electrons. The molecule has 6 nitrogen and oxygen atoms in total. The molecule has 1 heterocycles. The Morgan fingerprint density at radius 3 is 2.37 bits per heavy atom. The van der Waals surface area contributed by atoms with Gasteiger partial charge in [0.25, 0.3) is 11.8 Å². The van der Waals surface area contributed by atoms with E-state index in [4.69, 9.17) is 10.5 Å². The van der Waals surface area contributed by atoms with Crippen LogP contribution in [0.1, 0.15) is 20.7 Å². The van der Waals surface area contributed by atoms with E-state index in [-0.39, 0.29) is 16.9 Å². The molecule has 4 rings (SSSR count). The average Bonchev–Trinajstić information content (AvgIpc) is 3.06. The molecule has 1 amide bonds. The van der Waals surface area contributed by atoms with Gasteiger partial charge in [0.05, 0.1) is 23.9 Å². The molecule has 0 aliphatic heterocycles. The van der Waals surface area contributed by atoms with Gasteiger partial charge in [0.15, 0.2) is 0 Å². The Hall–Kier alpha value is -4.13. The number of hydrogen-bond acceptors (Lipinski definition) is 4. The van der Waals surface area contributed by atoms with Crippen molar-refractivity contribution in [1.82, 2.24) is 4.57 Å². The van der Waals surface area contributed by atoms with E-state index in [1.807, 2.05) is 0 Å². The number of ether oxygens (including phenoxy) is 1. The number of carbonyl (C=O) groups is 2. The molecule has 0 saturated carbocycles. The van der Waals surface area contributed by atoms with Crippen molar-refractivity contribution < 1.29 is 18.7 Å². The molecule has 0 unspecified atom stereocenters. The van der Waals surface area contributed by atoms with Crippen molar-refractivity contribution in [3.8, 4) is 5.75 Å². The number of nitrogens with one attached hydrogen (secondary N) is 1. The highest BCUT2D eigenvalue weighted by atomic mass is 19.1. The van der Waals surface area contributed by atoms with Crippen molar-refractivity contribution in [2.24, 2.45) is 0 Å². The number of nitrogen functional groups attached to an aromatic ring is 1. The second kappa shape index (κ2) is 7.71. The van der Waals surface area contributed by atoms with E-state index in [2.05, 4.69) is 5.32 Å². The van der Waals surface area contributed by atoms with Gasteiger partial charge in [0.1, 0.15) is 17.4 Å². The Labute approximate surface area is 171 Å². The van der Waals surface area contributed by atoms with Crippen molar-refractivity contribution in [3.05, 3.63) is 89.7 Å². The summed E-state index contributed by atoms with van der Waals surface area (Å²) in [6.45, 7) is 0. The highest BCUT2D eigenvalue weighted by Crippen LogP contribution is 2.31. The average molecular weight is 403 g/mol. The first-order valence-corrected chi connectivity index (χ1v) is 9.15. The van der Waals surface area contributed by atoms with E-state index >= 15 is 0 Å². The molecule has 0 atom stereocenters. The number of halogens is 1. The molecule has 30 heavy (non-hydrogen) atoms. The normalized spacial score (nSPS) is 10.7. The van der Waals surface area contributed by atoms with Crippen LogP contribution in [0.2, 0.25) is 0 Å². The van der Waals surface area contributed by atoms with Crippen molar-refractivity contribution >= 4 is 34.2 Å². The van der Waals surface area contributed by atoms with Crippen LogP contribution in [-0.4, -0.2) is 23.5 Å². The SMILES string of the molecule is COc1ccccc1NC(=O)c1c(N)n(C(=O)c2ccc(F)cc2)c2ccccc12. The second-order valence-corrected chi connectivity index (χ2v) is 6.58. The maximum Gasteiger partial charge on any atom is 0.263 e. The highest BCUT2D eigenvalue weighted by Gasteiger charge is 2.25. The van der Waals surface area contributed by atoms with Gasteiger partial charge < -0.3 is 15.8 Å². The quantitative estimate of drug-likeness (QED) is 0.532. The highest BCUT2D eigenvalue weighted by molar-refractivity contribution is 6.20. The van der Waals surface area contributed by atoms with Crippen LogP contribution < -0.4 is 15.8 Å². The fourth-order valence-corrected chi connectivity index (χ4v) is 3.37. The van der Waals surface area contributed by atoms with Crippen LogP contribution in [0.5, 0.6) is 5.75 Å². The van der Waals surface area contributed by atoms with Gasteiger partial charge in [-0.15, -0.1) is 0 Å². The third kappa shape index (κ3) is 3.26. The number of anilines is 2. The zero-order valence-electron chi connectivity index (χ0n) is 16.1. The van der Waals surface area contributed by atoms with E-state index in [1.165, 1.54) is 35.9 Å². The summed E-state index contributed by atoms with van der Waals surface area (Å²) < 4.78 is 19.8. The van der Waals surface area contributed by atoms with Crippen LogP contribution >= 0.6 is 0 Å². The number of amides is 1. The van der Waals surface area contributed by atoms with Crippen molar-refractivity contribution in [2.45, 2.75) is 0 Å². The molecule has 0 aliphatic rings. The zero-order valence-corrected chi connectivity index (χ0v) is 16.1. The molecule has 0 aliphatic carbocycles. The minimum atomic E-state index is -0.473. The van der Waals surface area contributed by atoms with E-state index in [0.717, 1.165) is 0 Å². The fourth-order valence-electron chi connectivity index (χ4n) is 3.37. The molecule has 3 N–H and O–H groups in total. The molecule has 1 aromatic heterocycles. The summed E-state index contributed by atoms with van der Waals surface area (Å²) in [6, 6.07) is 19.1. The van der Waals surface area contributed by atoms with Gasteiger partial charge >= 0.3 is 0 Å². The van der Waals surface area contributed by atoms with Gasteiger partial charge in [-0.05, 0) is 42.5 Å². The van der Waals surface area contributed by atoms with Gasteiger partial charge in [-0.3, -0.25) is 14.2 Å². The summed E-state index contributed by atoms with van der Waals surface area (Å²) in [5.74, 6) is -0.888. The number of rotatable bonds is 4. The standard InChI is InChI=1S/C23H18FN3O3/c1-30-19-9-5-3-7-17(19)26-22(28)20-16-6-2-4-8-18(16)27(21(20)25)23(29)14-10-12-15(24)13-11-14/h2-13H,25H2,1H3,(H,26,28). The monoisotopic (exact) mass is 403 g/mol. The van der Waals surface area contributed by atoms with Crippen molar-refractivity contribution in [2.75, 3.05) is 18.2 Å². The van der Waals surface area contributed by atoms with E-state index < -0.39 is 17.6 Å². The summed E-state index contributed by atoms with van der Waals surface area (Å²) in [7, 11) is 1.51. The minimum Gasteiger partial charge on any atom is -0.495 e. The second-order valence-electron chi connectivity index (χ2n) is 6.58. The Balaban J connectivity index is 1.81. The Morgan fingerprint density at radius 1 is 0.967 bits per heavy atom. The van der Waals surface area contributed by atoms with E-state index in [1.54, 1.807) is 48.5 Å². The van der Waals surface area contributed by atoms with E-state index in [0.29, 0.717) is 22.3 Å². The fraction of sp³-hybridized carbons (Fsp3) is 0.0435. The first-order chi connectivity index (χ1) is 14.5. The van der Waals surface area contributed by atoms with Crippen LogP contribution in [0.15, 0.2) is 72.8 Å². The summed E-state index contributed by atoms with van der Waals surface area (Å²) in [5, 5.41) is 3.32. The van der Waals surface area contributed by atoms with Crippen LogP contribution in [0.3, 0.4) is 0 Å². The molecule has 3 aromatic carbocycles. The molecular weight excluding hydrogens is 385 g/mol. The lowest BCUT2D eigenvalue weighted by Crippen LogP contribution is -2.18. The van der Waals surface area contributed by atoms with Gasteiger partial charge in [0, 0.05) is 10.9 Å². The van der Waals surface area contributed by atoms with E-state index in [9.17, 15) is 14.0 Å². The number of fused-ring (bicyclic) bond motifs is 1. The summed E-state index contributed by atoms with van der Waals surface area (Å²) in [5.41, 5.74) is 7.67. The summed E-state index contributed by atoms with van der Waals surface area (Å²) in [6.07, 6.45) is 0. The lowest BCUT2D eigenvalue weighted by molar-refractivity contribution is 0.0967. The molecule has 0 spiro atoms. The van der Waals surface area contributed by atoms with Crippen molar-refractivity contribution in [3.63, 3.8) is 0 Å². The lowest BCUT2D eigenvalue weighted by atomic mass is 10.1. The largest absolute Gasteiger partial charge is 0.495 e. The number of aromatic nitrogens is 1. The predicted molar refractivity (Wildman–Crippen MR) is 113 cm³/mol. The summed E-state index contributed by atoms with van der Waals surface area (Å²) >= 11 is 0. The minimum absolute atomic E-state index is 0.00192. The molecule has 150 valence electrons. The van der Waals surface area contributed by atoms with Crippen LogP contribution in [-0.2, 0) is 0 Å². The number of nitrogens with two attached hydrogens (primary N) is 1.